The van der Waals surface area contributed by atoms with E-state index in [1.807, 2.05) is 30.8 Å². The second-order valence-electron chi connectivity index (χ2n) is 4.19. The highest BCUT2D eigenvalue weighted by Crippen LogP contribution is 2.09. The molecule has 0 unspecified atom stereocenters. The predicted octanol–water partition coefficient (Wildman–Crippen LogP) is 0.912. The third-order valence-electron chi connectivity index (χ3n) is 2.86. The number of anilines is 1. The monoisotopic (exact) mass is 280 g/mol. The number of carbonyl (C=O) groups is 1. The van der Waals surface area contributed by atoms with Gasteiger partial charge < -0.3 is 5.32 Å². The van der Waals surface area contributed by atoms with E-state index in [1.54, 1.807) is 11.7 Å². The van der Waals surface area contributed by atoms with Gasteiger partial charge in [0.2, 0.25) is 11.0 Å². The molecule has 2 rings (SSSR count). The van der Waals surface area contributed by atoms with Crippen molar-refractivity contribution < 1.29 is 4.79 Å². The van der Waals surface area contributed by atoms with E-state index < -0.39 is 0 Å². The molecule has 0 bridgehead atoms. The van der Waals surface area contributed by atoms with Crippen LogP contribution in [0.1, 0.15) is 19.9 Å². The largest absolute Gasteiger partial charge is 0.304 e. The van der Waals surface area contributed by atoms with Gasteiger partial charge in [-0.2, -0.15) is 5.10 Å². The normalized spacial score (nSPS) is 14.0. The Morgan fingerprint density at radius 2 is 2.37 bits per heavy atom. The molecule has 7 nitrogen and oxygen atoms in total. The van der Waals surface area contributed by atoms with Crippen LogP contribution in [-0.2, 0) is 4.79 Å². The smallest absolute Gasteiger partial charge is 0.240 e. The van der Waals surface area contributed by atoms with E-state index in [0.717, 1.165) is 0 Å². The van der Waals surface area contributed by atoms with E-state index in [9.17, 15) is 4.79 Å². The van der Waals surface area contributed by atoms with Crippen LogP contribution in [0.25, 0.3) is 0 Å². The highest BCUT2D eigenvalue weighted by atomic mass is 32.1. The highest BCUT2D eigenvalue weighted by Gasteiger charge is 2.15. The number of carbonyl (C=O) groups excluding carboxylic acids is 1. The Kier molecular flexibility index (Phi) is 4.58. The van der Waals surface area contributed by atoms with Crippen molar-refractivity contribution in [1.29, 1.82) is 0 Å². The Balaban J connectivity index is 1.77. The summed E-state index contributed by atoms with van der Waals surface area (Å²) in [7, 11) is 0. The molecule has 2 aromatic rings. The fourth-order valence-electron chi connectivity index (χ4n) is 1.57. The van der Waals surface area contributed by atoms with Crippen LogP contribution in [0.3, 0.4) is 0 Å². The van der Waals surface area contributed by atoms with Gasteiger partial charge in [-0.25, -0.2) is 0 Å². The minimum absolute atomic E-state index is 0.125. The summed E-state index contributed by atoms with van der Waals surface area (Å²) in [5, 5.41) is 17.9. The van der Waals surface area contributed by atoms with Gasteiger partial charge >= 0.3 is 0 Å². The minimum Gasteiger partial charge on any atom is -0.304 e. The third-order valence-corrected chi connectivity index (χ3v) is 3.46. The second kappa shape index (κ2) is 6.39. The number of amides is 1. The third kappa shape index (κ3) is 3.83. The Labute approximate surface area is 115 Å². The molecule has 0 spiro atoms. The molecular weight excluding hydrogens is 264 g/mol. The predicted molar refractivity (Wildman–Crippen MR) is 72.9 cm³/mol. The molecule has 0 fully saturated rings. The number of hydrogen-bond donors (Lipinski definition) is 2. The first-order chi connectivity index (χ1) is 9.16. The maximum Gasteiger partial charge on any atom is 0.240 e. The molecule has 0 saturated heterocycles. The fraction of sp³-hybridized carbons (Fsp3) is 0.455. The molecule has 2 atom stereocenters. The van der Waals surface area contributed by atoms with Crippen molar-refractivity contribution >= 4 is 22.4 Å². The Hall–Kier alpha value is -1.80. The van der Waals surface area contributed by atoms with Gasteiger partial charge in [-0.1, -0.05) is 11.3 Å². The van der Waals surface area contributed by atoms with Crippen molar-refractivity contribution in [3.63, 3.8) is 0 Å². The average molecular weight is 280 g/mol. The summed E-state index contributed by atoms with van der Waals surface area (Å²) < 4.78 is 1.86. The van der Waals surface area contributed by atoms with E-state index in [0.29, 0.717) is 5.13 Å². The zero-order chi connectivity index (χ0) is 13.7. The van der Waals surface area contributed by atoms with Gasteiger partial charge in [0.15, 0.2) is 0 Å². The maximum atomic E-state index is 11.7. The first kappa shape index (κ1) is 13.6. The Morgan fingerprint density at radius 1 is 1.53 bits per heavy atom. The van der Waals surface area contributed by atoms with E-state index in [1.165, 1.54) is 11.3 Å². The lowest BCUT2D eigenvalue weighted by atomic mass is 10.2. The van der Waals surface area contributed by atoms with Crippen LogP contribution in [0.5, 0.6) is 0 Å². The van der Waals surface area contributed by atoms with Gasteiger partial charge in [-0.15, -0.1) is 10.2 Å². The van der Waals surface area contributed by atoms with Crippen molar-refractivity contribution in [3.05, 3.63) is 24.0 Å². The number of nitrogens with zero attached hydrogens (tertiary/aromatic N) is 4. The number of nitrogens with one attached hydrogen (secondary N) is 2. The first-order valence-electron chi connectivity index (χ1n) is 5.95. The lowest BCUT2D eigenvalue weighted by molar-refractivity contribution is -0.115. The molecular formula is C11H16N6OS. The lowest BCUT2D eigenvalue weighted by Gasteiger charge is -2.21. The topological polar surface area (TPSA) is 84.7 Å². The van der Waals surface area contributed by atoms with E-state index in [2.05, 4.69) is 25.9 Å². The molecule has 1 amide bonds. The lowest BCUT2D eigenvalue weighted by Crippen LogP contribution is -2.39. The summed E-state index contributed by atoms with van der Waals surface area (Å²) in [5.74, 6) is -0.128. The highest BCUT2D eigenvalue weighted by molar-refractivity contribution is 7.13. The zero-order valence-corrected chi connectivity index (χ0v) is 11.6. The van der Waals surface area contributed by atoms with Crippen LogP contribution < -0.4 is 10.6 Å². The number of aromatic nitrogens is 4. The van der Waals surface area contributed by atoms with Crippen LogP contribution in [0.2, 0.25) is 0 Å². The Bertz CT molecular complexity index is 497. The van der Waals surface area contributed by atoms with Crippen LogP contribution in [0, 0.1) is 0 Å². The molecule has 0 aromatic carbocycles. The van der Waals surface area contributed by atoms with E-state index >= 15 is 0 Å². The van der Waals surface area contributed by atoms with Gasteiger partial charge in [0.25, 0.3) is 0 Å². The molecule has 0 radical (unpaired) electrons. The zero-order valence-electron chi connectivity index (χ0n) is 10.8. The van der Waals surface area contributed by atoms with Gasteiger partial charge in [0, 0.05) is 18.4 Å². The molecule has 2 N–H and O–H groups in total. The summed E-state index contributed by atoms with van der Waals surface area (Å²) >= 11 is 1.29. The minimum atomic E-state index is -0.128. The van der Waals surface area contributed by atoms with Gasteiger partial charge in [0.1, 0.15) is 5.51 Å². The van der Waals surface area contributed by atoms with Crippen LogP contribution in [0.4, 0.5) is 5.13 Å². The van der Waals surface area contributed by atoms with Crippen molar-refractivity contribution in [2.24, 2.45) is 0 Å². The van der Waals surface area contributed by atoms with Crippen molar-refractivity contribution in [2.45, 2.75) is 25.9 Å². The van der Waals surface area contributed by atoms with E-state index in [-0.39, 0.29) is 24.5 Å². The van der Waals surface area contributed by atoms with Crippen LogP contribution >= 0.6 is 11.3 Å². The first-order valence-corrected chi connectivity index (χ1v) is 6.83. The summed E-state index contributed by atoms with van der Waals surface area (Å²) in [4.78, 5) is 11.7. The standard InChI is InChI=1S/C11H16N6OS/c1-8(9(2)17-5-3-4-14-17)12-6-10(18)15-11-16-13-7-19-11/h3-5,7-9,12H,6H2,1-2H3,(H,15,16,18)/t8-,9-/m1/s1. The molecule has 0 aliphatic carbocycles. The molecule has 0 aliphatic heterocycles. The van der Waals surface area contributed by atoms with Crippen LogP contribution in [0.15, 0.2) is 24.0 Å². The number of rotatable bonds is 6. The molecule has 19 heavy (non-hydrogen) atoms. The van der Waals surface area contributed by atoms with Crippen molar-refractivity contribution in [1.82, 2.24) is 25.3 Å². The molecule has 102 valence electrons. The van der Waals surface area contributed by atoms with Gasteiger partial charge in [0.05, 0.1) is 12.6 Å². The Morgan fingerprint density at radius 3 is 3.00 bits per heavy atom. The van der Waals surface area contributed by atoms with Crippen molar-refractivity contribution in [2.75, 3.05) is 11.9 Å². The SMILES string of the molecule is C[C@H]([C@@H](C)NCC(=O)Nc1nncs1)n1cccn1. The van der Waals surface area contributed by atoms with E-state index in [4.69, 9.17) is 0 Å². The molecule has 2 heterocycles. The quantitative estimate of drug-likeness (QED) is 0.821. The summed E-state index contributed by atoms with van der Waals surface area (Å²) in [6.07, 6.45) is 3.65. The number of hydrogen-bond acceptors (Lipinski definition) is 6. The van der Waals surface area contributed by atoms with Crippen LogP contribution in [-0.4, -0.2) is 38.5 Å². The van der Waals surface area contributed by atoms with Crippen molar-refractivity contribution in [3.8, 4) is 0 Å². The molecule has 2 aromatic heterocycles. The summed E-state index contributed by atoms with van der Waals surface area (Å²) in [6.45, 7) is 4.30. The molecule has 0 aliphatic rings. The summed E-state index contributed by atoms with van der Waals surface area (Å²) in [6, 6.07) is 2.18. The maximum absolute atomic E-state index is 11.7. The fourth-order valence-corrected chi connectivity index (χ4v) is 2.03. The molecule has 0 saturated carbocycles. The summed E-state index contributed by atoms with van der Waals surface area (Å²) in [5.41, 5.74) is 1.57. The average Bonchev–Trinajstić information content (AvgIpc) is 3.07. The second-order valence-corrected chi connectivity index (χ2v) is 5.02. The van der Waals surface area contributed by atoms with Gasteiger partial charge in [-0.3, -0.25) is 14.8 Å². The molecule has 8 heteroatoms. The van der Waals surface area contributed by atoms with Gasteiger partial charge in [-0.05, 0) is 19.9 Å².